The van der Waals surface area contributed by atoms with Gasteiger partial charge >= 0.3 is 5.97 Å². The number of hydrogen-bond acceptors (Lipinski definition) is 4. The lowest BCUT2D eigenvalue weighted by atomic mass is 10.1. The van der Waals surface area contributed by atoms with Crippen LogP contribution < -0.4 is 10.1 Å². The molecule has 0 aliphatic rings. The molecule has 1 atom stereocenters. The Morgan fingerprint density at radius 2 is 1.70 bits per heavy atom. The van der Waals surface area contributed by atoms with Gasteiger partial charge in [0.1, 0.15) is 12.4 Å². The molecule has 0 heterocycles. The number of hydrogen-bond donors (Lipinski definition) is 2. The molecule has 0 aromatic heterocycles. The van der Waals surface area contributed by atoms with E-state index in [1.54, 1.807) is 18.9 Å². The van der Waals surface area contributed by atoms with Crippen LogP contribution in [0, 0.1) is 5.92 Å². The molecule has 0 aliphatic heterocycles. The summed E-state index contributed by atoms with van der Waals surface area (Å²) in [7, 11) is 1.74. The van der Waals surface area contributed by atoms with Crippen molar-refractivity contribution < 1.29 is 19.4 Å². The van der Waals surface area contributed by atoms with Crippen molar-refractivity contribution in [2.45, 2.75) is 20.1 Å². The number of carbonyl (C=O) groups is 2. The number of para-hydroxylation sites is 1. The molecule has 27 heavy (non-hydrogen) atoms. The minimum Gasteiger partial charge on any atom is -0.489 e. The van der Waals surface area contributed by atoms with Gasteiger partial charge in [0.15, 0.2) is 0 Å². The number of ether oxygens (including phenoxy) is 1. The molecule has 2 aromatic carbocycles. The van der Waals surface area contributed by atoms with E-state index in [1.165, 1.54) is 0 Å². The van der Waals surface area contributed by atoms with Crippen molar-refractivity contribution in [2.75, 3.05) is 20.1 Å². The van der Waals surface area contributed by atoms with Gasteiger partial charge in [-0.05, 0) is 30.3 Å². The van der Waals surface area contributed by atoms with Crippen molar-refractivity contribution in [1.82, 2.24) is 10.2 Å². The lowest BCUT2D eigenvalue weighted by Gasteiger charge is -2.18. The number of carbonyl (C=O) groups excluding carboxylic acids is 1. The number of carboxylic acids is 1. The largest absolute Gasteiger partial charge is 0.489 e. The summed E-state index contributed by atoms with van der Waals surface area (Å²) in [6.45, 7) is 3.05. The lowest BCUT2D eigenvalue weighted by molar-refractivity contribution is -0.142. The average Bonchev–Trinajstić information content (AvgIpc) is 2.66. The zero-order valence-corrected chi connectivity index (χ0v) is 15.7. The summed E-state index contributed by atoms with van der Waals surface area (Å²) >= 11 is 0. The van der Waals surface area contributed by atoms with Crippen LogP contribution in [0.3, 0.4) is 0 Å². The first-order valence-corrected chi connectivity index (χ1v) is 8.87. The maximum absolute atomic E-state index is 12.0. The second kappa shape index (κ2) is 10.3. The molecule has 144 valence electrons. The van der Waals surface area contributed by atoms with Crippen LogP contribution in [-0.2, 0) is 22.7 Å². The van der Waals surface area contributed by atoms with Crippen LogP contribution >= 0.6 is 0 Å². The topological polar surface area (TPSA) is 78.9 Å². The van der Waals surface area contributed by atoms with Crippen LogP contribution in [0.15, 0.2) is 54.6 Å². The number of nitrogens with one attached hydrogen (secondary N) is 1. The molecule has 1 amide bonds. The first-order chi connectivity index (χ1) is 12.9. The fraction of sp³-hybridized carbons (Fsp3) is 0.333. The minimum atomic E-state index is -0.862. The van der Waals surface area contributed by atoms with E-state index in [-0.39, 0.29) is 12.5 Å². The van der Waals surface area contributed by atoms with E-state index in [2.05, 4.69) is 5.32 Å². The van der Waals surface area contributed by atoms with Gasteiger partial charge in [-0.25, -0.2) is 0 Å². The summed E-state index contributed by atoms with van der Waals surface area (Å²) in [5.74, 6) is -0.672. The fourth-order valence-corrected chi connectivity index (χ4v) is 2.55. The molecule has 0 radical (unpaired) electrons. The Kier molecular flexibility index (Phi) is 7.82. The Bertz CT molecular complexity index is 732. The molecule has 2 aromatic rings. The summed E-state index contributed by atoms with van der Waals surface area (Å²) in [4.78, 5) is 24.5. The summed E-state index contributed by atoms with van der Waals surface area (Å²) < 4.78 is 5.71. The number of aliphatic carboxylic acids is 1. The quantitative estimate of drug-likeness (QED) is 0.672. The highest BCUT2D eigenvalue weighted by molar-refractivity contribution is 5.78. The predicted octanol–water partition coefficient (Wildman–Crippen LogP) is 2.53. The SMILES string of the molecule is CC(CN(C)CC(=O)NCc1ccc(COc2ccccc2)cc1)C(=O)O. The van der Waals surface area contributed by atoms with Gasteiger partial charge in [0, 0.05) is 13.1 Å². The fourth-order valence-electron chi connectivity index (χ4n) is 2.55. The second-order valence-electron chi connectivity index (χ2n) is 6.63. The molecule has 0 saturated carbocycles. The maximum atomic E-state index is 12.0. The normalized spacial score (nSPS) is 11.8. The molecule has 6 nitrogen and oxygen atoms in total. The van der Waals surface area contributed by atoms with Crippen LogP contribution in [-0.4, -0.2) is 42.0 Å². The monoisotopic (exact) mass is 370 g/mol. The molecular formula is C21H26N2O4. The molecule has 0 saturated heterocycles. The molecule has 0 spiro atoms. The summed E-state index contributed by atoms with van der Waals surface area (Å²) in [5, 5.41) is 11.8. The standard InChI is InChI=1S/C21H26N2O4/c1-16(21(25)26)13-23(2)14-20(24)22-12-17-8-10-18(11-9-17)15-27-19-6-4-3-5-7-19/h3-11,16H,12-15H2,1-2H3,(H,22,24)(H,25,26). The molecule has 0 aliphatic carbocycles. The smallest absolute Gasteiger partial charge is 0.307 e. The van der Waals surface area contributed by atoms with Crippen LogP contribution in [0.1, 0.15) is 18.1 Å². The Balaban J connectivity index is 1.72. The lowest BCUT2D eigenvalue weighted by Crippen LogP contribution is -2.38. The third-order valence-corrected chi connectivity index (χ3v) is 4.08. The first-order valence-electron chi connectivity index (χ1n) is 8.87. The number of nitrogens with zero attached hydrogens (tertiary/aromatic N) is 1. The Labute approximate surface area is 159 Å². The Hall–Kier alpha value is -2.86. The first kappa shape index (κ1) is 20.5. The van der Waals surface area contributed by atoms with E-state index >= 15 is 0 Å². The highest BCUT2D eigenvalue weighted by atomic mass is 16.5. The van der Waals surface area contributed by atoms with Crippen molar-refractivity contribution in [3.63, 3.8) is 0 Å². The van der Waals surface area contributed by atoms with Gasteiger partial charge in [0.05, 0.1) is 12.5 Å². The van der Waals surface area contributed by atoms with E-state index in [9.17, 15) is 9.59 Å². The van der Waals surface area contributed by atoms with Crippen LogP contribution in [0.25, 0.3) is 0 Å². The van der Waals surface area contributed by atoms with Gasteiger partial charge in [-0.15, -0.1) is 0 Å². The van der Waals surface area contributed by atoms with Gasteiger partial charge in [-0.1, -0.05) is 49.4 Å². The van der Waals surface area contributed by atoms with Crippen molar-refractivity contribution in [3.05, 3.63) is 65.7 Å². The van der Waals surface area contributed by atoms with Crippen LogP contribution in [0.4, 0.5) is 0 Å². The third kappa shape index (κ3) is 7.50. The zero-order valence-electron chi connectivity index (χ0n) is 15.7. The molecular weight excluding hydrogens is 344 g/mol. The number of benzene rings is 2. The zero-order chi connectivity index (χ0) is 19.6. The summed E-state index contributed by atoms with van der Waals surface area (Å²) in [6, 6.07) is 17.5. The molecule has 1 unspecified atom stereocenters. The van der Waals surface area contributed by atoms with E-state index in [1.807, 2.05) is 54.6 Å². The summed E-state index contributed by atoms with van der Waals surface area (Å²) in [5.41, 5.74) is 2.05. The number of likely N-dealkylation sites (N-methyl/N-ethyl adjacent to an activating group) is 1. The van der Waals surface area contributed by atoms with Gasteiger partial charge in [-0.3, -0.25) is 14.5 Å². The molecule has 2 rings (SSSR count). The Morgan fingerprint density at radius 3 is 2.33 bits per heavy atom. The molecule has 0 bridgehead atoms. The number of rotatable bonds is 10. The van der Waals surface area contributed by atoms with E-state index in [0.717, 1.165) is 16.9 Å². The highest BCUT2D eigenvalue weighted by Gasteiger charge is 2.15. The maximum Gasteiger partial charge on any atom is 0.307 e. The van der Waals surface area contributed by atoms with Gasteiger partial charge in [0.25, 0.3) is 0 Å². The van der Waals surface area contributed by atoms with Crippen LogP contribution in [0.5, 0.6) is 5.75 Å². The van der Waals surface area contributed by atoms with Gasteiger partial charge in [-0.2, -0.15) is 0 Å². The summed E-state index contributed by atoms with van der Waals surface area (Å²) in [6.07, 6.45) is 0. The Morgan fingerprint density at radius 1 is 1.07 bits per heavy atom. The van der Waals surface area contributed by atoms with Crippen LogP contribution in [0.2, 0.25) is 0 Å². The van der Waals surface area contributed by atoms with E-state index < -0.39 is 11.9 Å². The van der Waals surface area contributed by atoms with Gasteiger partial charge < -0.3 is 15.2 Å². The van der Waals surface area contributed by atoms with E-state index in [0.29, 0.717) is 19.7 Å². The number of carboxylic acid groups (broad SMARTS) is 1. The number of amides is 1. The van der Waals surface area contributed by atoms with Gasteiger partial charge in [0.2, 0.25) is 5.91 Å². The minimum absolute atomic E-state index is 0.133. The van der Waals surface area contributed by atoms with Crippen molar-refractivity contribution in [1.29, 1.82) is 0 Å². The highest BCUT2D eigenvalue weighted by Crippen LogP contribution is 2.12. The van der Waals surface area contributed by atoms with Crippen molar-refractivity contribution >= 4 is 11.9 Å². The van der Waals surface area contributed by atoms with Crippen molar-refractivity contribution in [3.8, 4) is 5.75 Å². The van der Waals surface area contributed by atoms with E-state index in [4.69, 9.17) is 9.84 Å². The van der Waals surface area contributed by atoms with Crippen molar-refractivity contribution in [2.24, 2.45) is 5.92 Å². The molecule has 2 N–H and O–H groups in total. The molecule has 6 heteroatoms. The average molecular weight is 370 g/mol. The predicted molar refractivity (Wildman–Crippen MR) is 103 cm³/mol. The molecule has 0 fully saturated rings. The second-order valence-corrected chi connectivity index (χ2v) is 6.63. The third-order valence-electron chi connectivity index (χ3n) is 4.08.